The van der Waals surface area contributed by atoms with E-state index < -0.39 is 16.6 Å². The summed E-state index contributed by atoms with van der Waals surface area (Å²) in [6.07, 6.45) is 2.22. The SMILES string of the molecule is OC1(Cc2ccccc2)c2ccccc2CC12Cc1ccccc1C2(O)Cc1ccccc1. The van der Waals surface area contributed by atoms with Gasteiger partial charge in [-0.05, 0) is 46.2 Å². The van der Waals surface area contributed by atoms with Crippen molar-refractivity contribution in [1.82, 2.24) is 0 Å². The van der Waals surface area contributed by atoms with Crippen LogP contribution in [-0.4, -0.2) is 10.2 Å². The van der Waals surface area contributed by atoms with E-state index in [4.69, 9.17) is 0 Å². The lowest BCUT2D eigenvalue weighted by molar-refractivity contribution is -0.189. The summed E-state index contributed by atoms with van der Waals surface area (Å²) in [6.45, 7) is 0. The van der Waals surface area contributed by atoms with Crippen LogP contribution in [0, 0.1) is 5.41 Å². The van der Waals surface area contributed by atoms with Crippen molar-refractivity contribution in [2.45, 2.75) is 36.9 Å². The molecule has 0 radical (unpaired) electrons. The van der Waals surface area contributed by atoms with Gasteiger partial charge in [-0.1, -0.05) is 109 Å². The third kappa shape index (κ3) is 2.88. The molecule has 6 rings (SSSR count). The summed E-state index contributed by atoms with van der Waals surface area (Å²) in [7, 11) is 0. The Hall–Kier alpha value is -3.20. The quantitative estimate of drug-likeness (QED) is 0.457. The van der Waals surface area contributed by atoms with Crippen molar-refractivity contribution in [3.8, 4) is 0 Å². The summed E-state index contributed by atoms with van der Waals surface area (Å²) in [5.41, 5.74) is 3.16. The van der Waals surface area contributed by atoms with Gasteiger partial charge >= 0.3 is 0 Å². The highest BCUT2D eigenvalue weighted by atomic mass is 16.3. The minimum absolute atomic E-state index is 0.468. The molecule has 2 unspecified atom stereocenters. The molecule has 0 heterocycles. The van der Waals surface area contributed by atoms with Crippen molar-refractivity contribution in [3.05, 3.63) is 143 Å². The second-order valence-corrected chi connectivity index (χ2v) is 9.80. The van der Waals surface area contributed by atoms with Crippen LogP contribution < -0.4 is 0 Å². The zero-order valence-electron chi connectivity index (χ0n) is 18.6. The molecule has 0 saturated carbocycles. The molecule has 2 heteroatoms. The fraction of sp³-hybridized carbons (Fsp3) is 0.226. The average molecular weight is 433 g/mol. The van der Waals surface area contributed by atoms with E-state index in [0.29, 0.717) is 25.7 Å². The van der Waals surface area contributed by atoms with E-state index in [1.807, 2.05) is 60.7 Å². The van der Waals surface area contributed by atoms with Crippen LogP contribution in [0.3, 0.4) is 0 Å². The lowest BCUT2D eigenvalue weighted by atomic mass is 9.59. The van der Waals surface area contributed by atoms with Crippen molar-refractivity contribution < 1.29 is 10.2 Å². The highest BCUT2D eigenvalue weighted by Gasteiger charge is 2.69. The third-order valence-corrected chi connectivity index (χ3v) is 8.10. The Morgan fingerprint density at radius 2 is 0.848 bits per heavy atom. The van der Waals surface area contributed by atoms with Gasteiger partial charge in [-0.15, -0.1) is 0 Å². The first-order chi connectivity index (χ1) is 16.1. The van der Waals surface area contributed by atoms with Gasteiger partial charge in [0.25, 0.3) is 0 Å². The van der Waals surface area contributed by atoms with Crippen molar-refractivity contribution in [2.24, 2.45) is 5.41 Å². The first-order valence-corrected chi connectivity index (χ1v) is 11.8. The molecule has 4 aromatic carbocycles. The minimum atomic E-state index is -1.20. The molecule has 0 saturated heterocycles. The Balaban J connectivity index is 1.58. The standard InChI is InChI=1S/C31H28O2/c32-30(19-23-11-3-1-4-12-23)27-17-9-7-15-25(27)21-29(30)22-26-16-8-10-18-28(26)31(29,33)20-24-13-5-2-6-14-24/h1-18,32-33H,19-22H2. The molecule has 2 aliphatic carbocycles. The Morgan fingerprint density at radius 3 is 1.27 bits per heavy atom. The maximum Gasteiger partial charge on any atom is 0.103 e. The van der Waals surface area contributed by atoms with Crippen LogP contribution in [0.5, 0.6) is 0 Å². The largest absolute Gasteiger partial charge is 0.384 e. The van der Waals surface area contributed by atoms with Gasteiger partial charge in [-0.2, -0.15) is 0 Å². The number of fused-ring (bicyclic) bond motifs is 2. The first-order valence-electron chi connectivity index (χ1n) is 11.8. The van der Waals surface area contributed by atoms with Gasteiger partial charge in [-0.3, -0.25) is 0 Å². The average Bonchev–Trinajstić information content (AvgIpc) is 3.24. The number of aliphatic hydroxyl groups is 2. The van der Waals surface area contributed by atoms with Crippen LogP contribution in [0.25, 0.3) is 0 Å². The lowest BCUT2D eigenvalue weighted by Crippen LogP contribution is -2.57. The van der Waals surface area contributed by atoms with Crippen molar-refractivity contribution in [1.29, 1.82) is 0 Å². The second kappa shape index (κ2) is 7.41. The lowest BCUT2D eigenvalue weighted by Gasteiger charge is -2.50. The van der Waals surface area contributed by atoms with E-state index in [-0.39, 0.29) is 0 Å². The summed E-state index contributed by atoms with van der Waals surface area (Å²) < 4.78 is 0. The number of benzene rings is 4. The zero-order valence-corrected chi connectivity index (χ0v) is 18.6. The molecule has 164 valence electrons. The van der Waals surface area contributed by atoms with Crippen LogP contribution in [0.2, 0.25) is 0 Å². The molecule has 0 fully saturated rings. The van der Waals surface area contributed by atoms with E-state index in [2.05, 4.69) is 48.5 Å². The highest BCUT2D eigenvalue weighted by Crippen LogP contribution is 2.66. The minimum Gasteiger partial charge on any atom is -0.384 e. The van der Waals surface area contributed by atoms with Crippen LogP contribution >= 0.6 is 0 Å². The molecule has 2 aliphatic rings. The molecule has 0 aromatic heterocycles. The van der Waals surface area contributed by atoms with Gasteiger partial charge in [0.15, 0.2) is 0 Å². The summed E-state index contributed by atoms with van der Waals surface area (Å²) >= 11 is 0. The van der Waals surface area contributed by atoms with Crippen LogP contribution in [-0.2, 0) is 36.9 Å². The number of rotatable bonds is 4. The van der Waals surface area contributed by atoms with Crippen molar-refractivity contribution >= 4 is 0 Å². The number of hydrogen-bond acceptors (Lipinski definition) is 2. The molecule has 0 bridgehead atoms. The van der Waals surface area contributed by atoms with Crippen molar-refractivity contribution in [3.63, 3.8) is 0 Å². The second-order valence-electron chi connectivity index (χ2n) is 9.80. The predicted octanol–water partition coefficient (Wildman–Crippen LogP) is 5.35. The van der Waals surface area contributed by atoms with Gasteiger partial charge in [0, 0.05) is 18.3 Å². The van der Waals surface area contributed by atoms with E-state index in [9.17, 15) is 10.2 Å². The van der Waals surface area contributed by atoms with Crippen LogP contribution in [0.1, 0.15) is 33.4 Å². The third-order valence-electron chi connectivity index (χ3n) is 8.10. The maximum absolute atomic E-state index is 12.8. The molecule has 1 spiro atoms. The zero-order chi connectivity index (χ0) is 22.5. The predicted molar refractivity (Wildman–Crippen MR) is 131 cm³/mol. The first kappa shape index (κ1) is 20.4. The molecule has 2 nitrogen and oxygen atoms in total. The van der Waals surface area contributed by atoms with Gasteiger partial charge in [0.1, 0.15) is 11.2 Å². The Morgan fingerprint density at radius 1 is 0.485 bits per heavy atom. The molecule has 2 N–H and O–H groups in total. The smallest absolute Gasteiger partial charge is 0.103 e. The van der Waals surface area contributed by atoms with Gasteiger partial charge < -0.3 is 10.2 Å². The van der Waals surface area contributed by atoms with E-state index in [1.54, 1.807) is 0 Å². The fourth-order valence-corrected chi connectivity index (χ4v) is 6.62. The van der Waals surface area contributed by atoms with Gasteiger partial charge in [0.2, 0.25) is 0 Å². The summed E-state index contributed by atoms with van der Waals surface area (Å²) in [5.74, 6) is 0. The molecular weight excluding hydrogens is 404 g/mol. The van der Waals surface area contributed by atoms with Gasteiger partial charge in [-0.25, -0.2) is 0 Å². The fourth-order valence-electron chi connectivity index (χ4n) is 6.62. The van der Waals surface area contributed by atoms with Gasteiger partial charge in [0.05, 0.1) is 0 Å². The summed E-state index contributed by atoms with van der Waals surface area (Å²) in [4.78, 5) is 0. The summed E-state index contributed by atoms with van der Waals surface area (Å²) in [6, 6.07) is 36.8. The molecule has 0 aliphatic heterocycles. The van der Waals surface area contributed by atoms with Crippen LogP contribution in [0.4, 0.5) is 0 Å². The van der Waals surface area contributed by atoms with Crippen molar-refractivity contribution in [2.75, 3.05) is 0 Å². The van der Waals surface area contributed by atoms with E-state index in [0.717, 1.165) is 33.4 Å². The Kier molecular flexibility index (Phi) is 4.58. The molecule has 0 amide bonds. The Bertz CT molecular complexity index is 1190. The monoisotopic (exact) mass is 432 g/mol. The molecule has 4 aromatic rings. The van der Waals surface area contributed by atoms with E-state index in [1.165, 1.54) is 0 Å². The molecular formula is C31H28O2. The maximum atomic E-state index is 12.8. The highest BCUT2D eigenvalue weighted by molar-refractivity contribution is 5.53. The normalized spacial score (nSPS) is 27.5. The number of hydrogen-bond donors (Lipinski definition) is 2. The molecule has 2 atom stereocenters. The Labute approximate surface area is 195 Å². The topological polar surface area (TPSA) is 40.5 Å². The summed E-state index contributed by atoms with van der Waals surface area (Å²) in [5, 5.41) is 25.5. The molecule has 33 heavy (non-hydrogen) atoms. The van der Waals surface area contributed by atoms with E-state index >= 15 is 0 Å². The van der Waals surface area contributed by atoms with Crippen LogP contribution in [0.15, 0.2) is 109 Å².